The highest BCUT2D eigenvalue weighted by Crippen LogP contribution is 2.35. The van der Waals surface area contributed by atoms with E-state index in [-0.39, 0.29) is 0 Å². The zero-order chi connectivity index (χ0) is 14.8. The molecule has 0 saturated heterocycles. The van der Waals surface area contributed by atoms with Crippen LogP contribution in [0.3, 0.4) is 0 Å². The van der Waals surface area contributed by atoms with Gasteiger partial charge < -0.3 is 14.6 Å². The van der Waals surface area contributed by atoms with Crippen molar-refractivity contribution >= 4 is 27.5 Å². The van der Waals surface area contributed by atoms with Crippen LogP contribution in [0, 0.1) is 0 Å². The van der Waals surface area contributed by atoms with E-state index < -0.39 is 6.10 Å². The highest BCUT2D eigenvalue weighted by molar-refractivity contribution is 9.10. The van der Waals surface area contributed by atoms with Crippen molar-refractivity contribution in [2.24, 2.45) is 0 Å². The third-order valence-corrected chi connectivity index (χ3v) is 4.58. The second kappa shape index (κ2) is 6.26. The Hall–Kier alpha value is -1.23. The number of aliphatic hydroxyl groups excluding tert-OH is 1. The first kappa shape index (κ1) is 14.7. The number of halogens is 2. The molecular weight excluding hydrogens is 356 g/mol. The van der Waals surface area contributed by atoms with Crippen LogP contribution in [-0.4, -0.2) is 18.3 Å². The van der Waals surface area contributed by atoms with Crippen molar-refractivity contribution in [1.29, 1.82) is 0 Å². The molecule has 0 radical (unpaired) electrons. The van der Waals surface area contributed by atoms with Gasteiger partial charge in [-0.15, -0.1) is 0 Å². The van der Waals surface area contributed by atoms with Gasteiger partial charge in [0.1, 0.15) is 6.10 Å². The second-order valence-corrected chi connectivity index (χ2v) is 6.09. The lowest BCUT2D eigenvalue weighted by molar-refractivity contribution is 0.219. The van der Waals surface area contributed by atoms with E-state index in [1.54, 1.807) is 6.07 Å². The molecule has 1 aliphatic rings. The summed E-state index contributed by atoms with van der Waals surface area (Å²) in [6.45, 7) is 1.27. The Morgan fingerprint density at radius 2 is 1.67 bits per heavy atom. The minimum absolute atomic E-state index is 0.570. The van der Waals surface area contributed by atoms with E-state index in [4.69, 9.17) is 21.1 Å². The maximum atomic E-state index is 10.5. The van der Waals surface area contributed by atoms with Crippen molar-refractivity contribution in [1.82, 2.24) is 0 Å². The molecule has 0 fully saturated rings. The number of fused-ring (bicyclic) bond motifs is 1. The molecule has 110 valence electrons. The third-order valence-electron chi connectivity index (χ3n) is 3.35. The highest BCUT2D eigenvalue weighted by atomic mass is 79.9. The first-order chi connectivity index (χ1) is 10.1. The molecule has 1 heterocycles. The Bertz CT molecular complexity index is 660. The summed E-state index contributed by atoms with van der Waals surface area (Å²) in [7, 11) is 0. The van der Waals surface area contributed by atoms with E-state index in [2.05, 4.69) is 15.9 Å². The smallest absolute Gasteiger partial charge is 0.161 e. The standard InChI is InChI=1S/C16H14BrClO3/c17-12-4-2-10(8-13(12)18)16(19)11-3-5-14-15(9-11)21-7-1-6-20-14/h2-5,8-9,16,19H,1,6-7H2. The molecule has 1 atom stereocenters. The quantitative estimate of drug-likeness (QED) is 0.855. The van der Waals surface area contributed by atoms with Gasteiger partial charge in [0.05, 0.1) is 18.2 Å². The third kappa shape index (κ3) is 3.18. The van der Waals surface area contributed by atoms with Crippen LogP contribution >= 0.6 is 27.5 Å². The Balaban J connectivity index is 1.92. The van der Waals surface area contributed by atoms with Crippen LogP contribution < -0.4 is 9.47 Å². The average Bonchev–Trinajstić information content (AvgIpc) is 2.73. The summed E-state index contributed by atoms with van der Waals surface area (Å²) in [6, 6.07) is 10.9. The zero-order valence-corrected chi connectivity index (χ0v) is 13.5. The van der Waals surface area contributed by atoms with Crippen LogP contribution in [-0.2, 0) is 0 Å². The Labute approximate surface area is 136 Å². The highest BCUT2D eigenvalue weighted by Gasteiger charge is 2.16. The molecule has 1 N–H and O–H groups in total. The van der Waals surface area contributed by atoms with Crippen molar-refractivity contribution < 1.29 is 14.6 Å². The lowest BCUT2D eigenvalue weighted by Gasteiger charge is -2.15. The number of hydrogen-bond acceptors (Lipinski definition) is 3. The Morgan fingerprint density at radius 3 is 2.43 bits per heavy atom. The van der Waals surface area contributed by atoms with Gasteiger partial charge in [0.15, 0.2) is 11.5 Å². The minimum atomic E-state index is -0.757. The van der Waals surface area contributed by atoms with Crippen LogP contribution in [0.4, 0.5) is 0 Å². The van der Waals surface area contributed by atoms with E-state index >= 15 is 0 Å². The van der Waals surface area contributed by atoms with Gasteiger partial charge in [-0.05, 0) is 51.3 Å². The van der Waals surface area contributed by atoms with E-state index in [9.17, 15) is 5.11 Å². The Kier molecular flexibility index (Phi) is 4.38. The zero-order valence-electron chi connectivity index (χ0n) is 11.2. The normalized spacial score (nSPS) is 15.4. The molecule has 0 saturated carbocycles. The number of hydrogen-bond donors (Lipinski definition) is 1. The van der Waals surface area contributed by atoms with Crippen LogP contribution in [0.15, 0.2) is 40.9 Å². The molecule has 1 aliphatic heterocycles. The van der Waals surface area contributed by atoms with Crippen molar-refractivity contribution in [2.75, 3.05) is 13.2 Å². The monoisotopic (exact) mass is 368 g/mol. The fourth-order valence-corrected chi connectivity index (χ4v) is 2.66. The SMILES string of the molecule is OC(c1ccc(Br)c(Cl)c1)c1ccc2c(c1)OCCCO2. The van der Waals surface area contributed by atoms with Gasteiger partial charge >= 0.3 is 0 Å². The first-order valence-electron chi connectivity index (χ1n) is 6.68. The fraction of sp³-hybridized carbons (Fsp3) is 0.250. The molecule has 3 nitrogen and oxygen atoms in total. The van der Waals surface area contributed by atoms with E-state index in [0.29, 0.717) is 24.0 Å². The molecule has 0 amide bonds. The van der Waals surface area contributed by atoms with Gasteiger partial charge in [-0.25, -0.2) is 0 Å². The van der Waals surface area contributed by atoms with Crippen LogP contribution in [0.1, 0.15) is 23.7 Å². The topological polar surface area (TPSA) is 38.7 Å². The van der Waals surface area contributed by atoms with Crippen LogP contribution in [0.25, 0.3) is 0 Å². The second-order valence-electron chi connectivity index (χ2n) is 4.83. The van der Waals surface area contributed by atoms with E-state index in [1.165, 1.54) is 0 Å². The minimum Gasteiger partial charge on any atom is -0.490 e. The molecule has 2 aromatic carbocycles. The first-order valence-corrected chi connectivity index (χ1v) is 7.85. The summed E-state index contributed by atoms with van der Waals surface area (Å²) < 4.78 is 12.0. The Morgan fingerprint density at radius 1 is 1.00 bits per heavy atom. The molecule has 21 heavy (non-hydrogen) atoms. The summed E-state index contributed by atoms with van der Waals surface area (Å²) in [5.74, 6) is 1.39. The average molecular weight is 370 g/mol. The summed E-state index contributed by atoms with van der Waals surface area (Å²) >= 11 is 9.42. The van der Waals surface area contributed by atoms with Crippen molar-refractivity contribution in [3.05, 3.63) is 57.0 Å². The maximum Gasteiger partial charge on any atom is 0.161 e. The van der Waals surface area contributed by atoms with E-state index in [1.807, 2.05) is 30.3 Å². The fourth-order valence-electron chi connectivity index (χ4n) is 2.22. The number of ether oxygens (including phenoxy) is 2. The molecule has 0 aromatic heterocycles. The van der Waals surface area contributed by atoms with Gasteiger partial charge in [-0.1, -0.05) is 23.7 Å². The number of benzene rings is 2. The van der Waals surface area contributed by atoms with Gasteiger partial charge in [-0.2, -0.15) is 0 Å². The molecular formula is C16H14BrClO3. The predicted octanol–water partition coefficient (Wildman–Crippen LogP) is 4.35. The van der Waals surface area contributed by atoms with Crippen LogP contribution in [0.2, 0.25) is 5.02 Å². The summed E-state index contributed by atoms with van der Waals surface area (Å²) in [5.41, 5.74) is 1.48. The maximum absolute atomic E-state index is 10.5. The van der Waals surface area contributed by atoms with Crippen molar-refractivity contribution in [3.63, 3.8) is 0 Å². The van der Waals surface area contributed by atoms with Crippen molar-refractivity contribution in [2.45, 2.75) is 12.5 Å². The summed E-state index contributed by atoms with van der Waals surface area (Å²) in [5, 5.41) is 11.1. The largest absolute Gasteiger partial charge is 0.490 e. The van der Waals surface area contributed by atoms with E-state index in [0.717, 1.165) is 27.8 Å². The summed E-state index contributed by atoms with van der Waals surface area (Å²) in [6.07, 6.45) is 0.0993. The van der Waals surface area contributed by atoms with Gasteiger partial charge in [0, 0.05) is 10.9 Å². The van der Waals surface area contributed by atoms with Gasteiger partial charge in [0.2, 0.25) is 0 Å². The number of aliphatic hydroxyl groups is 1. The molecule has 3 rings (SSSR count). The number of rotatable bonds is 2. The summed E-state index contributed by atoms with van der Waals surface area (Å²) in [4.78, 5) is 0. The molecule has 2 aromatic rings. The molecule has 0 bridgehead atoms. The molecule has 5 heteroatoms. The predicted molar refractivity (Wildman–Crippen MR) is 85.3 cm³/mol. The molecule has 0 spiro atoms. The lowest BCUT2D eigenvalue weighted by Crippen LogP contribution is -2.01. The van der Waals surface area contributed by atoms with Gasteiger partial charge in [0.25, 0.3) is 0 Å². The molecule has 0 aliphatic carbocycles. The lowest BCUT2D eigenvalue weighted by atomic mass is 10.0. The molecule has 1 unspecified atom stereocenters. The van der Waals surface area contributed by atoms with Crippen molar-refractivity contribution in [3.8, 4) is 11.5 Å². The van der Waals surface area contributed by atoms with Crippen LogP contribution in [0.5, 0.6) is 11.5 Å². The van der Waals surface area contributed by atoms with Gasteiger partial charge in [-0.3, -0.25) is 0 Å².